The van der Waals surface area contributed by atoms with Crippen LogP contribution >= 0.6 is 11.8 Å². The van der Waals surface area contributed by atoms with Crippen molar-refractivity contribution in [3.8, 4) is 0 Å². The Balaban J connectivity index is 1.92. The number of nitrogens with one attached hydrogen (secondary N) is 2. The number of hydrogen-bond acceptors (Lipinski definition) is 5. The molecule has 1 amide bonds. The second-order valence-corrected chi connectivity index (χ2v) is 4.90. The van der Waals surface area contributed by atoms with E-state index in [9.17, 15) is 14.0 Å². The molecule has 0 unspecified atom stereocenters. The summed E-state index contributed by atoms with van der Waals surface area (Å²) in [7, 11) is 0. The van der Waals surface area contributed by atoms with E-state index in [-0.39, 0.29) is 28.2 Å². The van der Waals surface area contributed by atoms with Crippen LogP contribution in [0.25, 0.3) is 0 Å². The lowest BCUT2D eigenvalue weighted by Gasteiger charge is -2.05. The molecule has 0 saturated carbocycles. The largest absolute Gasteiger partial charge is 0.325 e. The average Bonchev–Trinajstić information content (AvgIpc) is 2.41. The molecule has 20 heavy (non-hydrogen) atoms. The first-order valence-corrected chi connectivity index (χ1v) is 6.64. The number of H-pyrrole nitrogens is 1. The number of amides is 1. The standard InChI is InChI=1S/C12H11FN4O2S/c1-7-2-3-8(4-9(7)13)15-11(19)6-20-12-16-10(18)5-14-17-12/h2-5H,6H2,1H3,(H,15,19)(H,16,17,18). The van der Waals surface area contributed by atoms with Gasteiger partial charge in [0, 0.05) is 5.69 Å². The SMILES string of the molecule is Cc1ccc(NC(=O)CSc2nncc(=O)[nH]2)cc1F. The summed E-state index contributed by atoms with van der Waals surface area (Å²) in [5.74, 6) is -0.678. The summed E-state index contributed by atoms with van der Waals surface area (Å²) in [6.07, 6.45) is 1.04. The van der Waals surface area contributed by atoms with E-state index < -0.39 is 0 Å². The summed E-state index contributed by atoms with van der Waals surface area (Å²) >= 11 is 1.03. The molecule has 1 heterocycles. The molecule has 0 aliphatic carbocycles. The van der Waals surface area contributed by atoms with E-state index in [2.05, 4.69) is 20.5 Å². The highest BCUT2D eigenvalue weighted by Crippen LogP contribution is 2.15. The van der Waals surface area contributed by atoms with Gasteiger partial charge in [-0.25, -0.2) is 4.39 Å². The third-order valence-corrected chi connectivity index (χ3v) is 3.21. The van der Waals surface area contributed by atoms with E-state index in [1.807, 2.05) is 0 Å². The molecule has 0 atom stereocenters. The van der Waals surface area contributed by atoms with Gasteiger partial charge in [0.25, 0.3) is 5.56 Å². The van der Waals surface area contributed by atoms with Gasteiger partial charge < -0.3 is 5.32 Å². The van der Waals surface area contributed by atoms with Crippen LogP contribution in [0.1, 0.15) is 5.56 Å². The fourth-order valence-electron chi connectivity index (χ4n) is 1.36. The lowest BCUT2D eigenvalue weighted by atomic mass is 10.2. The zero-order valence-electron chi connectivity index (χ0n) is 10.5. The second kappa shape index (κ2) is 6.29. The quantitative estimate of drug-likeness (QED) is 0.831. The van der Waals surface area contributed by atoms with Crippen LogP contribution in [-0.2, 0) is 4.79 Å². The topological polar surface area (TPSA) is 87.7 Å². The number of carbonyl (C=O) groups excluding carboxylic acids is 1. The van der Waals surface area contributed by atoms with Gasteiger partial charge in [0.15, 0.2) is 5.16 Å². The van der Waals surface area contributed by atoms with Crippen LogP contribution < -0.4 is 10.9 Å². The molecule has 2 N–H and O–H groups in total. The van der Waals surface area contributed by atoms with Gasteiger partial charge >= 0.3 is 0 Å². The zero-order valence-corrected chi connectivity index (χ0v) is 11.3. The highest BCUT2D eigenvalue weighted by Gasteiger charge is 2.07. The fraction of sp³-hybridized carbons (Fsp3) is 0.167. The van der Waals surface area contributed by atoms with Gasteiger partial charge in [0.05, 0.1) is 5.75 Å². The van der Waals surface area contributed by atoms with Gasteiger partial charge in [0.1, 0.15) is 12.0 Å². The minimum absolute atomic E-state index is 0.0319. The molecule has 0 bridgehead atoms. The summed E-state index contributed by atoms with van der Waals surface area (Å²) < 4.78 is 13.3. The molecule has 1 aromatic heterocycles. The van der Waals surface area contributed by atoms with Crippen molar-refractivity contribution in [3.63, 3.8) is 0 Å². The van der Waals surface area contributed by atoms with E-state index in [1.165, 1.54) is 6.07 Å². The molecule has 0 aliphatic heterocycles. The third kappa shape index (κ3) is 3.89. The summed E-state index contributed by atoms with van der Waals surface area (Å²) in [5, 5.41) is 9.94. The molecule has 0 fully saturated rings. The number of hydrogen-bond donors (Lipinski definition) is 2. The lowest BCUT2D eigenvalue weighted by molar-refractivity contribution is -0.113. The second-order valence-electron chi connectivity index (χ2n) is 3.94. The van der Waals surface area contributed by atoms with Gasteiger partial charge in [0.2, 0.25) is 5.91 Å². The molecular weight excluding hydrogens is 283 g/mol. The number of aryl methyl sites for hydroxylation is 1. The predicted molar refractivity (Wildman–Crippen MR) is 73.1 cm³/mol. The van der Waals surface area contributed by atoms with Crippen molar-refractivity contribution >= 4 is 23.4 Å². The van der Waals surface area contributed by atoms with Crippen molar-refractivity contribution in [2.45, 2.75) is 12.1 Å². The normalized spacial score (nSPS) is 10.3. The lowest BCUT2D eigenvalue weighted by Crippen LogP contribution is -2.15. The van der Waals surface area contributed by atoms with Gasteiger partial charge in [-0.05, 0) is 24.6 Å². The number of anilines is 1. The van der Waals surface area contributed by atoms with E-state index in [1.54, 1.807) is 19.1 Å². The highest BCUT2D eigenvalue weighted by molar-refractivity contribution is 7.99. The minimum Gasteiger partial charge on any atom is -0.325 e. The molecule has 0 saturated heterocycles. The number of halogens is 1. The maximum absolute atomic E-state index is 13.3. The van der Waals surface area contributed by atoms with Crippen LogP contribution in [0, 0.1) is 12.7 Å². The van der Waals surface area contributed by atoms with E-state index in [0.717, 1.165) is 18.0 Å². The van der Waals surface area contributed by atoms with Crippen LogP contribution in [-0.4, -0.2) is 26.8 Å². The first-order valence-electron chi connectivity index (χ1n) is 5.65. The molecule has 2 aromatic rings. The number of benzene rings is 1. The monoisotopic (exact) mass is 294 g/mol. The maximum atomic E-state index is 13.3. The number of carbonyl (C=O) groups is 1. The summed E-state index contributed by atoms with van der Waals surface area (Å²) in [4.78, 5) is 25.1. The maximum Gasteiger partial charge on any atom is 0.270 e. The van der Waals surface area contributed by atoms with Crippen LogP contribution in [0.15, 0.2) is 34.3 Å². The first-order chi connectivity index (χ1) is 9.54. The van der Waals surface area contributed by atoms with Gasteiger partial charge in [-0.1, -0.05) is 17.8 Å². The van der Waals surface area contributed by atoms with Gasteiger partial charge in [-0.15, -0.1) is 5.10 Å². The molecule has 8 heteroatoms. The Bertz CT molecular complexity index is 689. The van der Waals surface area contributed by atoms with Crippen LogP contribution in [0.2, 0.25) is 0 Å². The number of nitrogens with zero attached hydrogens (tertiary/aromatic N) is 2. The summed E-state index contributed by atoms with van der Waals surface area (Å²) in [6.45, 7) is 1.64. The van der Waals surface area contributed by atoms with Crippen molar-refractivity contribution in [2.24, 2.45) is 0 Å². The molecule has 0 spiro atoms. The van der Waals surface area contributed by atoms with Crippen molar-refractivity contribution in [1.82, 2.24) is 15.2 Å². The predicted octanol–water partition coefficient (Wildman–Crippen LogP) is 1.34. The molecule has 6 nitrogen and oxygen atoms in total. The Morgan fingerprint density at radius 3 is 3.00 bits per heavy atom. The Hall–Kier alpha value is -2.22. The van der Waals surface area contributed by atoms with Crippen LogP contribution in [0.3, 0.4) is 0 Å². The number of aromatic amines is 1. The smallest absolute Gasteiger partial charge is 0.270 e. The van der Waals surface area contributed by atoms with Crippen molar-refractivity contribution in [1.29, 1.82) is 0 Å². The van der Waals surface area contributed by atoms with E-state index >= 15 is 0 Å². The van der Waals surface area contributed by atoms with Crippen LogP contribution in [0.5, 0.6) is 0 Å². The first kappa shape index (κ1) is 14.2. The van der Waals surface area contributed by atoms with Crippen molar-refractivity contribution in [3.05, 3.63) is 46.1 Å². The highest BCUT2D eigenvalue weighted by atomic mass is 32.2. The molecule has 2 rings (SSSR count). The van der Waals surface area contributed by atoms with Crippen molar-refractivity contribution < 1.29 is 9.18 Å². The Labute approximate surface area is 117 Å². The number of rotatable bonds is 4. The van der Waals surface area contributed by atoms with Crippen LogP contribution in [0.4, 0.5) is 10.1 Å². The van der Waals surface area contributed by atoms with E-state index in [4.69, 9.17) is 0 Å². The minimum atomic E-state index is -0.386. The van der Waals surface area contributed by atoms with Gasteiger partial charge in [-0.2, -0.15) is 5.10 Å². The Morgan fingerprint density at radius 2 is 2.30 bits per heavy atom. The Kier molecular flexibility index (Phi) is 4.46. The Morgan fingerprint density at radius 1 is 1.50 bits per heavy atom. The summed E-state index contributed by atoms with van der Waals surface area (Å²) in [6, 6.07) is 4.45. The van der Waals surface area contributed by atoms with Gasteiger partial charge in [-0.3, -0.25) is 14.6 Å². The average molecular weight is 294 g/mol. The molecular formula is C12H11FN4O2S. The summed E-state index contributed by atoms with van der Waals surface area (Å²) in [5.41, 5.74) is 0.504. The molecule has 0 aliphatic rings. The van der Waals surface area contributed by atoms with Crippen molar-refractivity contribution in [2.75, 3.05) is 11.1 Å². The number of aromatic nitrogens is 3. The zero-order chi connectivity index (χ0) is 14.5. The fourth-order valence-corrected chi connectivity index (χ4v) is 1.98. The molecule has 104 valence electrons. The molecule has 1 aromatic carbocycles. The number of thioether (sulfide) groups is 1. The van der Waals surface area contributed by atoms with E-state index in [0.29, 0.717) is 11.3 Å². The molecule has 0 radical (unpaired) electrons. The third-order valence-electron chi connectivity index (χ3n) is 2.35.